The van der Waals surface area contributed by atoms with E-state index in [1.807, 2.05) is 0 Å². The molecule has 0 saturated heterocycles. The van der Waals surface area contributed by atoms with Crippen LogP contribution in [0.1, 0.15) is 328 Å². The van der Waals surface area contributed by atoms with Crippen molar-refractivity contribution in [2.24, 2.45) is 0 Å². The maximum absolute atomic E-state index is 12.4. The Morgan fingerprint density at radius 1 is 0.403 bits per heavy atom. The minimum absolute atomic E-state index is 0.00630. The van der Waals surface area contributed by atoms with Gasteiger partial charge in [-0.3, -0.25) is 9.59 Å². The number of amides is 1. The van der Waals surface area contributed by atoms with E-state index < -0.39 is 12.1 Å². The molecule has 1 amide bonds. The number of hydrogen-bond donors (Lipinski definition) is 3. The van der Waals surface area contributed by atoms with Crippen LogP contribution in [-0.2, 0) is 14.3 Å². The van der Waals surface area contributed by atoms with Crippen LogP contribution >= 0.6 is 0 Å². The molecule has 0 bridgehead atoms. The van der Waals surface area contributed by atoms with Crippen LogP contribution in [0.15, 0.2) is 24.3 Å². The molecule has 3 N–H and O–H groups in total. The second-order valence-electron chi connectivity index (χ2n) is 20.7. The fourth-order valence-corrected chi connectivity index (χ4v) is 9.34. The molecule has 0 rings (SSSR count). The molecule has 0 aliphatic heterocycles. The standard InChI is InChI=1S/C61H117NO5/c1-3-5-7-9-11-13-14-35-39-43-47-51-55-61(66)67-56-52-48-44-40-36-33-31-29-27-25-23-21-19-17-15-16-18-20-22-24-26-28-30-32-34-38-42-46-50-54-60(65)62-58(57-63)59(64)53-49-45-41-37-12-10-8-6-4-2/h11,13,15,17,58-59,63-64H,3-10,12,14,16,18-57H2,1-2H3,(H,62,65)/b13-11-,17-15-. The van der Waals surface area contributed by atoms with Gasteiger partial charge in [-0.2, -0.15) is 0 Å². The normalized spacial score (nSPS) is 12.7. The van der Waals surface area contributed by atoms with Crippen molar-refractivity contribution in [1.29, 1.82) is 0 Å². The summed E-state index contributed by atoms with van der Waals surface area (Å²) in [5.41, 5.74) is 0. The lowest BCUT2D eigenvalue weighted by Gasteiger charge is -2.22. The minimum Gasteiger partial charge on any atom is -0.466 e. The molecule has 0 heterocycles. The Bertz CT molecular complexity index is 1040. The predicted octanol–water partition coefficient (Wildman–Crippen LogP) is 18.6. The Morgan fingerprint density at radius 2 is 0.701 bits per heavy atom. The number of hydrogen-bond acceptors (Lipinski definition) is 5. The fourth-order valence-electron chi connectivity index (χ4n) is 9.34. The molecule has 67 heavy (non-hydrogen) atoms. The van der Waals surface area contributed by atoms with E-state index in [0.29, 0.717) is 25.9 Å². The number of unbranched alkanes of at least 4 members (excludes halogenated alkanes) is 41. The predicted molar refractivity (Wildman–Crippen MR) is 292 cm³/mol. The maximum Gasteiger partial charge on any atom is 0.305 e. The van der Waals surface area contributed by atoms with Gasteiger partial charge in [-0.1, -0.05) is 263 Å². The minimum atomic E-state index is -0.661. The quantitative estimate of drug-likeness (QED) is 0.0321. The second kappa shape index (κ2) is 56.9. The van der Waals surface area contributed by atoms with Crippen LogP contribution in [0, 0.1) is 0 Å². The smallest absolute Gasteiger partial charge is 0.305 e. The van der Waals surface area contributed by atoms with Crippen LogP contribution in [0.2, 0.25) is 0 Å². The van der Waals surface area contributed by atoms with Crippen LogP contribution in [0.3, 0.4) is 0 Å². The Hall–Kier alpha value is -1.66. The number of rotatable bonds is 56. The van der Waals surface area contributed by atoms with Gasteiger partial charge >= 0.3 is 5.97 Å². The molecule has 0 aromatic heterocycles. The number of carbonyl (C=O) groups excluding carboxylic acids is 2. The first-order chi connectivity index (χ1) is 33.0. The number of nitrogens with one attached hydrogen (secondary N) is 1. The van der Waals surface area contributed by atoms with Gasteiger partial charge in [0.2, 0.25) is 5.91 Å². The molecule has 0 aromatic rings. The van der Waals surface area contributed by atoms with Gasteiger partial charge in [0.25, 0.3) is 0 Å². The molecule has 0 radical (unpaired) electrons. The van der Waals surface area contributed by atoms with Gasteiger partial charge in [-0.15, -0.1) is 0 Å². The van der Waals surface area contributed by atoms with Gasteiger partial charge in [-0.05, 0) is 77.0 Å². The number of ether oxygens (including phenoxy) is 1. The fraction of sp³-hybridized carbons (Fsp3) is 0.902. The van der Waals surface area contributed by atoms with Crippen LogP contribution in [-0.4, -0.2) is 47.4 Å². The summed E-state index contributed by atoms with van der Waals surface area (Å²) in [5, 5.41) is 23.1. The van der Waals surface area contributed by atoms with E-state index in [1.165, 1.54) is 250 Å². The maximum atomic E-state index is 12.4. The van der Waals surface area contributed by atoms with E-state index in [1.54, 1.807) is 0 Å². The Kier molecular flexibility index (Phi) is 55.5. The van der Waals surface area contributed by atoms with Crippen molar-refractivity contribution in [3.63, 3.8) is 0 Å². The third kappa shape index (κ3) is 53.5. The summed E-state index contributed by atoms with van der Waals surface area (Å²) >= 11 is 0. The molecule has 0 aliphatic rings. The molecular weight excluding hydrogens is 827 g/mol. The summed E-state index contributed by atoms with van der Waals surface area (Å²) in [6.07, 6.45) is 69.2. The molecule has 2 atom stereocenters. The summed E-state index contributed by atoms with van der Waals surface area (Å²) in [6.45, 7) is 4.92. The van der Waals surface area contributed by atoms with Gasteiger partial charge in [-0.25, -0.2) is 0 Å². The first-order valence-electron chi connectivity index (χ1n) is 30.1. The topological polar surface area (TPSA) is 95.9 Å². The number of esters is 1. The summed E-state index contributed by atoms with van der Waals surface area (Å²) < 4.78 is 5.47. The van der Waals surface area contributed by atoms with Gasteiger partial charge in [0.05, 0.1) is 25.4 Å². The highest BCUT2D eigenvalue weighted by Gasteiger charge is 2.20. The van der Waals surface area contributed by atoms with Gasteiger partial charge < -0.3 is 20.3 Å². The molecule has 0 saturated carbocycles. The second-order valence-corrected chi connectivity index (χ2v) is 20.7. The van der Waals surface area contributed by atoms with Gasteiger partial charge in [0, 0.05) is 12.8 Å². The summed E-state index contributed by atoms with van der Waals surface area (Å²) in [6, 6.07) is -0.538. The van der Waals surface area contributed by atoms with Crippen LogP contribution in [0.25, 0.3) is 0 Å². The summed E-state index contributed by atoms with van der Waals surface area (Å²) in [5.74, 6) is -0.0295. The molecule has 6 nitrogen and oxygen atoms in total. The van der Waals surface area contributed by atoms with E-state index in [9.17, 15) is 19.8 Å². The Morgan fingerprint density at radius 3 is 1.09 bits per heavy atom. The zero-order valence-corrected chi connectivity index (χ0v) is 45.1. The van der Waals surface area contributed by atoms with E-state index >= 15 is 0 Å². The van der Waals surface area contributed by atoms with Crippen molar-refractivity contribution in [1.82, 2.24) is 5.32 Å². The first-order valence-corrected chi connectivity index (χ1v) is 30.1. The lowest BCUT2D eigenvalue weighted by molar-refractivity contribution is -0.143. The third-order valence-corrected chi connectivity index (χ3v) is 14.0. The molecule has 0 fully saturated rings. The summed E-state index contributed by atoms with van der Waals surface area (Å²) in [4.78, 5) is 24.4. The van der Waals surface area contributed by atoms with Crippen LogP contribution in [0.4, 0.5) is 0 Å². The highest BCUT2D eigenvalue weighted by atomic mass is 16.5. The Labute approximate surface area is 418 Å². The number of carbonyl (C=O) groups is 2. The molecule has 0 aliphatic carbocycles. The monoisotopic (exact) mass is 944 g/mol. The zero-order valence-electron chi connectivity index (χ0n) is 45.1. The van der Waals surface area contributed by atoms with Crippen molar-refractivity contribution in [2.75, 3.05) is 13.2 Å². The lowest BCUT2D eigenvalue weighted by atomic mass is 10.0. The largest absolute Gasteiger partial charge is 0.466 e. The average molecular weight is 945 g/mol. The van der Waals surface area contributed by atoms with Crippen molar-refractivity contribution in [3.05, 3.63) is 24.3 Å². The first kappa shape index (κ1) is 65.3. The molecule has 6 heteroatoms. The van der Waals surface area contributed by atoms with E-state index in [0.717, 1.165) is 44.9 Å². The van der Waals surface area contributed by atoms with Gasteiger partial charge in [0.15, 0.2) is 0 Å². The zero-order chi connectivity index (χ0) is 48.6. The van der Waals surface area contributed by atoms with Crippen LogP contribution < -0.4 is 5.32 Å². The Balaban J connectivity index is 3.34. The van der Waals surface area contributed by atoms with E-state index in [2.05, 4.69) is 43.5 Å². The molecular formula is C61H117NO5. The SMILES string of the molecule is CCCCC/C=C\CCCCCCCC(=O)OCCCCCCCCCCCCCC/C=C\CCCCCCCCCCCCCCCC(=O)NC(CO)C(O)CCCCCCCCCCC. The number of aliphatic hydroxyl groups is 2. The molecule has 396 valence electrons. The third-order valence-electron chi connectivity index (χ3n) is 14.0. The summed E-state index contributed by atoms with van der Waals surface area (Å²) in [7, 11) is 0. The highest BCUT2D eigenvalue weighted by molar-refractivity contribution is 5.76. The van der Waals surface area contributed by atoms with E-state index in [-0.39, 0.29) is 18.5 Å². The molecule has 0 spiro atoms. The van der Waals surface area contributed by atoms with Crippen molar-refractivity contribution >= 4 is 11.9 Å². The molecule has 2 unspecified atom stereocenters. The lowest BCUT2D eigenvalue weighted by Crippen LogP contribution is -2.45. The van der Waals surface area contributed by atoms with Crippen LogP contribution in [0.5, 0.6) is 0 Å². The number of allylic oxidation sites excluding steroid dienone is 4. The average Bonchev–Trinajstić information content (AvgIpc) is 3.33. The molecule has 0 aromatic carbocycles. The van der Waals surface area contributed by atoms with Gasteiger partial charge in [0.1, 0.15) is 0 Å². The number of aliphatic hydroxyl groups excluding tert-OH is 2. The highest BCUT2D eigenvalue weighted by Crippen LogP contribution is 2.17. The van der Waals surface area contributed by atoms with Crippen molar-refractivity contribution in [2.45, 2.75) is 341 Å². The van der Waals surface area contributed by atoms with E-state index in [4.69, 9.17) is 4.74 Å². The van der Waals surface area contributed by atoms with Crippen molar-refractivity contribution in [3.8, 4) is 0 Å². The van der Waals surface area contributed by atoms with Crippen molar-refractivity contribution < 1.29 is 24.5 Å².